The lowest BCUT2D eigenvalue weighted by atomic mass is 9.95. The standard InChI is InChI=1S/C14H27N3O2/c1-10(2)14(19)16-13-7-11(3)8-17(9-13)6-5-15-12(4)18/h10-11,13H,5-9H2,1-4H3,(H,15,18)(H,16,19). The van der Waals surface area contributed by atoms with E-state index in [2.05, 4.69) is 22.5 Å². The van der Waals surface area contributed by atoms with E-state index in [0.717, 1.165) is 26.1 Å². The number of amides is 2. The predicted octanol–water partition coefficient (Wildman–Crippen LogP) is 0.605. The molecule has 2 atom stereocenters. The zero-order valence-electron chi connectivity index (χ0n) is 12.5. The number of nitrogens with one attached hydrogen (secondary N) is 2. The summed E-state index contributed by atoms with van der Waals surface area (Å²) in [5.41, 5.74) is 0. The van der Waals surface area contributed by atoms with Gasteiger partial charge in [0.1, 0.15) is 0 Å². The van der Waals surface area contributed by atoms with Gasteiger partial charge in [-0.25, -0.2) is 0 Å². The summed E-state index contributed by atoms with van der Waals surface area (Å²) in [6.07, 6.45) is 1.04. The van der Waals surface area contributed by atoms with Crippen LogP contribution in [0, 0.1) is 11.8 Å². The Bertz CT molecular complexity index is 318. The maximum Gasteiger partial charge on any atom is 0.222 e. The van der Waals surface area contributed by atoms with Crippen molar-refractivity contribution >= 4 is 11.8 Å². The lowest BCUT2D eigenvalue weighted by molar-refractivity contribution is -0.125. The fraction of sp³-hybridized carbons (Fsp3) is 0.857. The first kappa shape index (κ1) is 16.0. The molecule has 0 radical (unpaired) electrons. The van der Waals surface area contributed by atoms with Crippen LogP contribution in [0.25, 0.3) is 0 Å². The highest BCUT2D eigenvalue weighted by Gasteiger charge is 2.26. The molecule has 1 fully saturated rings. The largest absolute Gasteiger partial charge is 0.355 e. The van der Waals surface area contributed by atoms with Gasteiger partial charge in [0, 0.05) is 45.1 Å². The molecule has 0 aromatic carbocycles. The summed E-state index contributed by atoms with van der Waals surface area (Å²) in [5.74, 6) is 0.740. The molecule has 1 aliphatic heterocycles. The highest BCUT2D eigenvalue weighted by atomic mass is 16.2. The number of carbonyl (C=O) groups excluding carboxylic acids is 2. The zero-order valence-corrected chi connectivity index (χ0v) is 12.5. The lowest BCUT2D eigenvalue weighted by Gasteiger charge is -2.37. The smallest absolute Gasteiger partial charge is 0.222 e. The lowest BCUT2D eigenvalue weighted by Crippen LogP contribution is -2.52. The molecule has 110 valence electrons. The van der Waals surface area contributed by atoms with E-state index in [9.17, 15) is 9.59 Å². The summed E-state index contributed by atoms with van der Waals surface area (Å²) in [4.78, 5) is 24.9. The Labute approximate surface area is 116 Å². The highest BCUT2D eigenvalue weighted by molar-refractivity contribution is 5.78. The molecule has 0 saturated carbocycles. The number of likely N-dealkylation sites (tertiary alicyclic amines) is 1. The van der Waals surface area contributed by atoms with E-state index < -0.39 is 0 Å². The summed E-state index contributed by atoms with van der Waals surface area (Å²) >= 11 is 0. The van der Waals surface area contributed by atoms with Gasteiger partial charge in [-0.3, -0.25) is 14.5 Å². The Morgan fingerprint density at radius 3 is 2.58 bits per heavy atom. The van der Waals surface area contributed by atoms with Gasteiger partial charge >= 0.3 is 0 Å². The van der Waals surface area contributed by atoms with Crippen molar-refractivity contribution in [3.8, 4) is 0 Å². The van der Waals surface area contributed by atoms with Crippen LogP contribution in [0.15, 0.2) is 0 Å². The molecule has 0 aliphatic carbocycles. The Kier molecular flexibility index (Phi) is 6.28. The molecule has 2 N–H and O–H groups in total. The van der Waals surface area contributed by atoms with Gasteiger partial charge in [-0.15, -0.1) is 0 Å². The van der Waals surface area contributed by atoms with Gasteiger partial charge in [0.15, 0.2) is 0 Å². The average Bonchev–Trinajstić information content (AvgIpc) is 2.27. The van der Waals surface area contributed by atoms with Gasteiger partial charge in [0.05, 0.1) is 0 Å². The molecule has 0 aromatic heterocycles. The van der Waals surface area contributed by atoms with Crippen molar-refractivity contribution in [2.24, 2.45) is 11.8 Å². The molecule has 1 heterocycles. The molecule has 0 spiro atoms. The number of hydrogen-bond donors (Lipinski definition) is 2. The van der Waals surface area contributed by atoms with Crippen molar-refractivity contribution in [2.45, 2.75) is 40.2 Å². The fourth-order valence-electron chi connectivity index (χ4n) is 2.51. The van der Waals surface area contributed by atoms with E-state index in [1.54, 1.807) is 0 Å². The number of rotatable bonds is 5. The van der Waals surface area contributed by atoms with Gasteiger partial charge < -0.3 is 10.6 Å². The third kappa shape index (κ3) is 6.05. The van der Waals surface area contributed by atoms with E-state index >= 15 is 0 Å². The van der Waals surface area contributed by atoms with Crippen LogP contribution < -0.4 is 10.6 Å². The first-order chi connectivity index (χ1) is 8.88. The molecule has 1 saturated heterocycles. The second-order valence-corrected chi connectivity index (χ2v) is 5.94. The molecule has 5 nitrogen and oxygen atoms in total. The third-order valence-electron chi connectivity index (χ3n) is 3.41. The summed E-state index contributed by atoms with van der Waals surface area (Å²) < 4.78 is 0. The van der Waals surface area contributed by atoms with E-state index in [1.165, 1.54) is 6.92 Å². The van der Waals surface area contributed by atoms with Crippen LogP contribution in [-0.4, -0.2) is 48.9 Å². The van der Waals surface area contributed by atoms with Gasteiger partial charge in [-0.2, -0.15) is 0 Å². The van der Waals surface area contributed by atoms with Crippen molar-refractivity contribution in [3.05, 3.63) is 0 Å². The van der Waals surface area contributed by atoms with Crippen molar-refractivity contribution in [2.75, 3.05) is 26.2 Å². The number of carbonyl (C=O) groups is 2. The van der Waals surface area contributed by atoms with Crippen molar-refractivity contribution in [1.29, 1.82) is 0 Å². The predicted molar refractivity (Wildman–Crippen MR) is 75.7 cm³/mol. The molecule has 19 heavy (non-hydrogen) atoms. The van der Waals surface area contributed by atoms with Crippen LogP contribution in [0.2, 0.25) is 0 Å². The molecule has 1 rings (SSSR count). The minimum Gasteiger partial charge on any atom is -0.355 e. The number of hydrogen-bond acceptors (Lipinski definition) is 3. The second-order valence-electron chi connectivity index (χ2n) is 5.94. The maximum absolute atomic E-state index is 11.7. The van der Waals surface area contributed by atoms with Crippen LogP contribution in [-0.2, 0) is 9.59 Å². The monoisotopic (exact) mass is 269 g/mol. The Morgan fingerprint density at radius 1 is 1.32 bits per heavy atom. The highest BCUT2D eigenvalue weighted by Crippen LogP contribution is 2.16. The minimum absolute atomic E-state index is 0.00900. The van der Waals surface area contributed by atoms with E-state index in [0.29, 0.717) is 12.5 Å². The molecule has 1 aliphatic rings. The Balaban J connectivity index is 2.39. The second kappa shape index (κ2) is 7.48. The summed E-state index contributed by atoms with van der Waals surface area (Å²) in [6, 6.07) is 0.232. The van der Waals surface area contributed by atoms with E-state index in [4.69, 9.17) is 0 Å². The van der Waals surface area contributed by atoms with Crippen LogP contribution >= 0.6 is 0 Å². The maximum atomic E-state index is 11.7. The van der Waals surface area contributed by atoms with Crippen molar-refractivity contribution < 1.29 is 9.59 Å². The van der Waals surface area contributed by atoms with E-state index in [1.807, 2.05) is 13.8 Å². The summed E-state index contributed by atoms with van der Waals surface area (Å²) in [7, 11) is 0. The number of nitrogens with zero attached hydrogens (tertiary/aromatic N) is 1. The molecular weight excluding hydrogens is 242 g/mol. The average molecular weight is 269 g/mol. The van der Waals surface area contributed by atoms with Gasteiger partial charge in [-0.1, -0.05) is 20.8 Å². The van der Waals surface area contributed by atoms with Crippen LogP contribution in [0.3, 0.4) is 0 Å². The van der Waals surface area contributed by atoms with Crippen molar-refractivity contribution in [1.82, 2.24) is 15.5 Å². The first-order valence-corrected chi connectivity index (χ1v) is 7.15. The normalized spacial score (nSPS) is 24.3. The van der Waals surface area contributed by atoms with Crippen LogP contribution in [0.1, 0.15) is 34.1 Å². The van der Waals surface area contributed by atoms with Gasteiger partial charge in [-0.05, 0) is 12.3 Å². The van der Waals surface area contributed by atoms with Gasteiger partial charge in [0.25, 0.3) is 0 Å². The summed E-state index contributed by atoms with van der Waals surface area (Å²) in [6.45, 7) is 11.0. The van der Waals surface area contributed by atoms with Crippen LogP contribution in [0.5, 0.6) is 0 Å². The van der Waals surface area contributed by atoms with Crippen LogP contribution in [0.4, 0.5) is 0 Å². The zero-order chi connectivity index (χ0) is 14.4. The Morgan fingerprint density at radius 2 is 2.00 bits per heavy atom. The topological polar surface area (TPSA) is 61.4 Å². The van der Waals surface area contributed by atoms with E-state index in [-0.39, 0.29) is 23.8 Å². The summed E-state index contributed by atoms with van der Waals surface area (Å²) in [5, 5.41) is 5.92. The first-order valence-electron chi connectivity index (χ1n) is 7.15. The molecule has 0 aromatic rings. The SMILES string of the molecule is CC(=O)NCCN1CC(C)CC(NC(=O)C(C)C)C1. The Hall–Kier alpha value is -1.10. The molecule has 0 bridgehead atoms. The number of piperidine rings is 1. The fourth-order valence-corrected chi connectivity index (χ4v) is 2.51. The minimum atomic E-state index is 0.00900. The van der Waals surface area contributed by atoms with Gasteiger partial charge in [0.2, 0.25) is 11.8 Å². The molecule has 2 amide bonds. The molecule has 2 unspecified atom stereocenters. The molecule has 5 heteroatoms. The molecular formula is C14H27N3O2. The van der Waals surface area contributed by atoms with Crippen molar-refractivity contribution in [3.63, 3.8) is 0 Å². The third-order valence-corrected chi connectivity index (χ3v) is 3.41. The quantitative estimate of drug-likeness (QED) is 0.768.